The van der Waals surface area contributed by atoms with Gasteiger partial charge in [-0.2, -0.15) is 0 Å². The molecule has 1 aliphatic heterocycles. The summed E-state index contributed by atoms with van der Waals surface area (Å²) in [5.41, 5.74) is 2.12. The number of amides is 1. The maximum absolute atomic E-state index is 13.0. The summed E-state index contributed by atoms with van der Waals surface area (Å²) >= 11 is 0. The van der Waals surface area contributed by atoms with Crippen LogP contribution in [-0.4, -0.2) is 48.0 Å². The molecule has 8 nitrogen and oxygen atoms in total. The molecule has 1 fully saturated rings. The molecule has 1 amide bonds. The van der Waals surface area contributed by atoms with Crippen LogP contribution in [0.3, 0.4) is 0 Å². The zero-order valence-corrected chi connectivity index (χ0v) is 17.6. The Kier molecular flexibility index (Phi) is 5.88. The van der Waals surface area contributed by atoms with Crippen molar-refractivity contribution in [1.29, 1.82) is 0 Å². The van der Waals surface area contributed by atoms with Crippen LogP contribution in [0.25, 0.3) is 0 Å². The summed E-state index contributed by atoms with van der Waals surface area (Å²) in [6.45, 7) is 2.27. The van der Waals surface area contributed by atoms with E-state index in [0.717, 1.165) is 5.56 Å². The van der Waals surface area contributed by atoms with Crippen LogP contribution in [-0.2, 0) is 10.0 Å². The van der Waals surface area contributed by atoms with E-state index in [0.29, 0.717) is 35.8 Å². The van der Waals surface area contributed by atoms with E-state index < -0.39 is 15.9 Å². The van der Waals surface area contributed by atoms with Crippen molar-refractivity contribution in [1.82, 2.24) is 0 Å². The van der Waals surface area contributed by atoms with Crippen LogP contribution >= 0.6 is 0 Å². The summed E-state index contributed by atoms with van der Waals surface area (Å²) in [4.78, 5) is 13.0. The number of methoxy groups -OCH3 is 3. The molecule has 29 heavy (non-hydrogen) atoms. The smallest absolute Gasteiger partial charge is 0.259 e. The van der Waals surface area contributed by atoms with Crippen LogP contribution in [0.4, 0.5) is 11.4 Å². The fourth-order valence-corrected chi connectivity index (χ4v) is 4.86. The molecule has 156 valence electrons. The Labute approximate surface area is 170 Å². The van der Waals surface area contributed by atoms with Gasteiger partial charge in [-0.1, -0.05) is 6.07 Å². The molecule has 1 aliphatic rings. The van der Waals surface area contributed by atoms with Crippen molar-refractivity contribution < 1.29 is 27.4 Å². The van der Waals surface area contributed by atoms with E-state index in [1.807, 2.05) is 6.92 Å². The van der Waals surface area contributed by atoms with Gasteiger partial charge in [-0.15, -0.1) is 0 Å². The zero-order chi connectivity index (χ0) is 21.2. The lowest BCUT2D eigenvalue weighted by Crippen LogP contribution is -2.25. The summed E-state index contributed by atoms with van der Waals surface area (Å²) in [6.07, 6.45) is 0.584. The first-order chi connectivity index (χ1) is 13.8. The second kappa shape index (κ2) is 8.20. The molecule has 3 rings (SSSR count). The molecule has 0 aliphatic carbocycles. The Morgan fingerprint density at radius 3 is 2.34 bits per heavy atom. The third kappa shape index (κ3) is 3.95. The van der Waals surface area contributed by atoms with Gasteiger partial charge in [0.05, 0.1) is 38.3 Å². The average Bonchev–Trinajstić information content (AvgIpc) is 3.07. The summed E-state index contributed by atoms with van der Waals surface area (Å²) in [6, 6.07) is 8.40. The molecule has 0 bridgehead atoms. The number of nitrogens with zero attached hydrogens (tertiary/aromatic N) is 1. The Morgan fingerprint density at radius 1 is 1.03 bits per heavy atom. The minimum Gasteiger partial charge on any atom is -0.493 e. The Hall–Kier alpha value is -2.94. The van der Waals surface area contributed by atoms with E-state index in [2.05, 4.69) is 5.32 Å². The maximum Gasteiger partial charge on any atom is 0.259 e. The molecule has 0 aromatic heterocycles. The number of sulfonamides is 1. The fraction of sp³-hybridized carbons (Fsp3) is 0.350. The highest BCUT2D eigenvalue weighted by Crippen LogP contribution is 2.40. The first-order valence-corrected chi connectivity index (χ1v) is 10.6. The van der Waals surface area contributed by atoms with Crippen LogP contribution < -0.4 is 23.8 Å². The number of ether oxygens (including phenoxy) is 3. The van der Waals surface area contributed by atoms with Crippen LogP contribution in [0.1, 0.15) is 22.3 Å². The number of carbonyl (C=O) groups is 1. The van der Waals surface area contributed by atoms with Crippen molar-refractivity contribution in [3.05, 3.63) is 41.5 Å². The zero-order valence-electron chi connectivity index (χ0n) is 16.8. The lowest BCUT2D eigenvalue weighted by molar-refractivity contribution is 0.102. The first kappa shape index (κ1) is 20.8. The molecule has 0 unspecified atom stereocenters. The summed E-state index contributed by atoms with van der Waals surface area (Å²) in [5.74, 6) is 0.730. The minimum atomic E-state index is -3.31. The highest BCUT2D eigenvalue weighted by Gasteiger charge is 2.29. The number of hydrogen-bond acceptors (Lipinski definition) is 6. The van der Waals surface area contributed by atoms with Gasteiger partial charge in [0.25, 0.3) is 5.91 Å². The lowest BCUT2D eigenvalue weighted by Gasteiger charge is -2.19. The van der Waals surface area contributed by atoms with Crippen LogP contribution in [0.2, 0.25) is 0 Å². The van der Waals surface area contributed by atoms with Crippen LogP contribution in [0.15, 0.2) is 30.3 Å². The average molecular weight is 420 g/mol. The molecule has 2 aromatic rings. The van der Waals surface area contributed by atoms with Gasteiger partial charge in [0.2, 0.25) is 15.8 Å². The Morgan fingerprint density at radius 2 is 1.76 bits per heavy atom. The molecular formula is C20H24N2O6S. The lowest BCUT2D eigenvalue weighted by atomic mass is 10.1. The standard InChI is InChI=1S/C20H24N2O6S/c1-13-6-7-14(22-10-5-11-29(22,24)25)12-16(13)21-20(23)15-8-9-17(26-2)19(28-4)18(15)27-3/h6-9,12H,5,10-11H2,1-4H3,(H,21,23). The Balaban J connectivity index is 1.95. The molecule has 1 saturated heterocycles. The molecule has 0 spiro atoms. The molecule has 0 radical (unpaired) electrons. The predicted molar refractivity (Wildman–Crippen MR) is 111 cm³/mol. The first-order valence-electron chi connectivity index (χ1n) is 9.03. The molecule has 9 heteroatoms. The maximum atomic E-state index is 13.0. The van der Waals surface area contributed by atoms with Crippen LogP contribution in [0, 0.1) is 6.92 Å². The topological polar surface area (TPSA) is 94.2 Å². The van der Waals surface area contributed by atoms with Crippen LogP contribution in [0.5, 0.6) is 17.2 Å². The van der Waals surface area contributed by atoms with E-state index in [1.165, 1.54) is 25.6 Å². The van der Waals surface area contributed by atoms with Gasteiger partial charge in [-0.25, -0.2) is 8.42 Å². The third-order valence-electron chi connectivity index (χ3n) is 4.81. The normalized spacial score (nSPS) is 15.1. The number of nitrogens with one attached hydrogen (secondary N) is 1. The van der Waals surface area contributed by atoms with Crippen molar-refractivity contribution in [2.45, 2.75) is 13.3 Å². The second-order valence-corrected chi connectivity index (χ2v) is 8.59. The van der Waals surface area contributed by atoms with Crippen molar-refractivity contribution in [2.24, 2.45) is 0 Å². The highest BCUT2D eigenvalue weighted by molar-refractivity contribution is 7.93. The SMILES string of the molecule is COc1ccc(C(=O)Nc2cc(N3CCCS3(=O)=O)ccc2C)c(OC)c1OC. The summed E-state index contributed by atoms with van der Waals surface area (Å²) < 4.78 is 41.8. The van der Waals surface area contributed by atoms with Gasteiger partial charge in [0.15, 0.2) is 11.5 Å². The van der Waals surface area contributed by atoms with E-state index in [9.17, 15) is 13.2 Å². The number of aryl methyl sites for hydroxylation is 1. The molecule has 0 atom stereocenters. The van der Waals surface area contributed by atoms with Crippen molar-refractivity contribution >= 4 is 27.3 Å². The molecule has 1 heterocycles. The minimum absolute atomic E-state index is 0.130. The van der Waals surface area contributed by atoms with Crippen molar-refractivity contribution in [2.75, 3.05) is 43.2 Å². The van der Waals surface area contributed by atoms with E-state index in [-0.39, 0.29) is 17.1 Å². The number of benzene rings is 2. The van der Waals surface area contributed by atoms with E-state index >= 15 is 0 Å². The van der Waals surface area contributed by atoms with Gasteiger partial charge in [-0.05, 0) is 43.2 Å². The van der Waals surface area contributed by atoms with Gasteiger partial charge in [0.1, 0.15) is 0 Å². The van der Waals surface area contributed by atoms with E-state index in [4.69, 9.17) is 14.2 Å². The quantitative estimate of drug-likeness (QED) is 0.772. The third-order valence-corrected chi connectivity index (χ3v) is 6.67. The predicted octanol–water partition coefficient (Wildman–Crippen LogP) is 2.81. The molecule has 0 saturated carbocycles. The van der Waals surface area contributed by atoms with Gasteiger partial charge < -0.3 is 19.5 Å². The monoisotopic (exact) mass is 420 g/mol. The van der Waals surface area contributed by atoms with Crippen molar-refractivity contribution in [3.8, 4) is 17.2 Å². The van der Waals surface area contributed by atoms with Crippen molar-refractivity contribution in [3.63, 3.8) is 0 Å². The number of anilines is 2. The molecular weight excluding hydrogens is 396 g/mol. The van der Waals surface area contributed by atoms with Gasteiger partial charge in [0, 0.05) is 12.2 Å². The largest absolute Gasteiger partial charge is 0.493 e. The van der Waals surface area contributed by atoms with Gasteiger partial charge in [-0.3, -0.25) is 9.10 Å². The second-order valence-electron chi connectivity index (χ2n) is 6.58. The summed E-state index contributed by atoms with van der Waals surface area (Å²) in [7, 11) is 1.10. The molecule has 2 aromatic carbocycles. The highest BCUT2D eigenvalue weighted by atomic mass is 32.2. The summed E-state index contributed by atoms with van der Waals surface area (Å²) in [5, 5.41) is 2.84. The number of hydrogen-bond donors (Lipinski definition) is 1. The fourth-order valence-electron chi connectivity index (χ4n) is 3.30. The number of rotatable bonds is 6. The van der Waals surface area contributed by atoms with Gasteiger partial charge >= 0.3 is 0 Å². The van der Waals surface area contributed by atoms with E-state index in [1.54, 1.807) is 30.3 Å². The molecule has 1 N–H and O–H groups in total. The number of carbonyl (C=O) groups excluding carboxylic acids is 1. The Bertz CT molecular complexity index is 1040.